The number of amides is 1. The van der Waals surface area contributed by atoms with Crippen LogP contribution in [0.3, 0.4) is 0 Å². The summed E-state index contributed by atoms with van der Waals surface area (Å²) in [7, 11) is 0. The molecule has 0 aliphatic carbocycles. The van der Waals surface area contributed by atoms with Gasteiger partial charge in [-0.15, -0.1) is 0 Å². The first-order valence-electron chi connectivity index (χ1n) is 11.1. The Bertz CT molecular complexity index is 1560. The lowest BCUT2D eigenvalue weighted by molar-refractivity contribution is -0.137. The zero-order valence-corrected chi connectivity index (χ0v) is 19.6. The molecule has 3 atom stereocenters. The number of ether oxygens (including phenoxy) is 1. The van der Waals surface area contributed by atoms with E-state index in [1.54, 1.807) is 0 Å². The van der Waals surface area contributed by atoms with Gasteiger partial charge in [-0.05, 0) is 42.0 Å². The summed E-state index contributed by atoms with van der Waals surface area (Å²) in [4.78, 5) is 21.3. The summed E-state index contributed by atoms with van der Waals surface area (Å²) >= 11 is 6.34. The van der Waals surface area contributed by atoms with E-state index < -0.39 is 47.7 Å². The van der Waals surface area contributed by atoms with Crippen LogP contribution in [0.4, 0.5) is 27.8 Å². The van der Waals surface area contributed by atoms with Crippen LogP contribution in [0.1, 0.15) is 34.5 Å². The fourth-order valence-electron chi connectivity index (χ4n) is 4.45. The number of aromatic amines is 1. The van der Waals surface area contributed by atoms with Crippen LogP contribution in [0.25, 0.3) is 11.6 Å². The molecule has 15 heteroatoms. The molecule has 2 aliphatic heterocycles. The van der Waals surface area contributed by atoms with Gasteiger partial charge in [-0.3, -0.25) is 9.89 Å². The number of fused-ring (bicyclic) bond motifs is 1. The van der Waals surface area contributed by atoms with Crippen LogP contribution >= 0.6 is 11.6 Å². The third-order valence-corrected chi connectivity index (χ3v) is 6.47. The van der Waals surface area contributed by atoms with Crippen LogP contribution in [0.15, 0.2) is 42.7 Å². The van der Waals surface area contributed by atoms with Crippen molar-refractivity contribution in [2.45, 2.75) is 31.1 Å². The minimum absolute atomic E-state index is 0.0172. The van der Waals surface area contributed by atoms with E-state index in [0.29, 0.717) is 11.8 Å². The molecule has 0 radical (unpaired) electrons. The second-order valence-corrected chi connectivity index (χ2v) is 9.06. The van der Waals surface area contributed by atoms with Gasteiger partial charge in [0, 0.05) is 10.6 Å². The first kappa shape index (κ1) is 24.3. The molecule has 196 valence electrons. The zero-order chi connectivity index (χ0) is 26.8. The number of hydrogen-bond donors (Lipinski definition) is 3. The molecule has 4 heterocycles. The fraction of sp³-hybridized carbons (Fsp3) is 0.217. The van der Waals surface area contributed by atoms with Gasteiger partial charge in [-0.25, -0.2) is 18.7 Å². The van der Waals surface area contributed by atoms with Gasteiger partial charge in [0.2, 0.25) is 5.91 Å². The van der Waals surface area contributed by atoms with Crippen molar-refractivity contribution in [3.8, 4) is 11.6 Å². The lowest BCUT2D eigenvalue weighted by Gasteiger charge is -2.28. The number of alkyl halides is 3. The number of carbonyl (C=O) groups is 1. The number of halogens is 6. The van der Waals surface area contributed by atoms with E-state index in [1.807, 2.05) is 0 Å². The van der Waals surface area contributed by atoms with Gasteiger partial charge in [0.1, 0.15) is 30.6 Å². The Kier molecular flexibility index (Phi) is 5.61. The number of aromatic nitrogens is 5. The van der Waals surface area contributed by atoms with Crippen molar-refractivity contribution in [2.24, 2.45) is 0 Å². The maximum atomic E-state index is 14.1. The van der Waals surface area contributed by atoms with Gasteiger partial charge in [0.15, 0.2) is 23.7 Å². The van der Waals surface area contributed by atoms with Crippen LogP contribution in [-0.2, 0) is 22.3 Å². The van der Waals surface area contributed by atoms with E-state index >= 15 is 0 Å². The monoisotopic (exact) mass is 551 g/mol. The second-order valence-electron chi connectivity index (χ2n) is 8.65. The molecule has 3 N–H and O–H groups in total. The Balaban J connectivity index is 1.40. The van der Waals surface area contributed by atoms with Crippen molar-refractivity contribution in [3.63, 3.8) is 0 Å². The number of nitrogens with one attached hydrogen (secondary N) is 3. The van der Waals surface area contributed by atoms with Crippen molar-refractivity contribution in [1.29, 1.82) is 0 Å². The number of epoxide rings is 1. The van der Waals surface area contributed by atoms with E-state index in [4.69, 9.17) is 16.3 Å². The number of imidazole rings is 1. The van der Waals surface area contributed by atoms with Gasteiger partial charge >= 0.3 is 6.18 Å². The van der Waals surface area contributed by atoms with Crippen molar-refractivity contribution in [2.75, 3.05) is 5.32 Å². The molecule has 2 aromatic heterocycles. The summed E-state index contributed by atoms with van der Waals surface area (Å²) in [6, 6.07) is 4.92. The highest BCUT2D eigenvalue weighted by Gasteiger charge is 2.44. The summed E-state index contributed by atoms with van der Waals surface area (Å²) < 4.78 is 74.7. The van der Waals surface area contributed by atoms with E-state index in [-0.39, 0.29) is 40.2 Å². The average Bonchev–Trinajstić information content (AvgIpc) is 3.23. The molecule has 0 spiro atoms. The maximum Gasteiger partial charge on any atom is 0.416 e. The maximum absolute atomic E-state index is 14.1. The fourth-order valence-corrected chi connectivity index (χ4v) is 4.68. The number of H-pyrrole nitrogens is 1. The summed E-state index contributed by atoms with van der Waals surface area (Å²) in [6.45, 7) is -0.169. The first-order valence-corrected chi connectivity index (χ1v) is 11.5. The lowest BCUT2D eigenvalue weighted by Crippen LogP contribution is -2.39. The molecule has 1 fully saturated rings. The highest BCUT2D eigenvalue weighted by molar-refractivity contribution is 6.31. The molecule has 0 saturated carbocycles. The van der Waals surface area contributed by atoms with Gasteiger partial charge in [-0.2, -0.15) is 18.3 Å². The molecule has 1 amide bonds. The van der Waals surface area contributed by atoms with E-state index in [2.05, 4.69) is 30.8 Å². The van der Waals surface area contributed by atoms with Crippen molar-refractivity contribution in [3.05, 3.63) is 81.8 Å². The van der Waals surface area contributed by atoms with Crippen molar-refractivity contribution in [1.82, 2.24) is 30.0 Å². The molecular weight excluding hydrogens is 537 g/mol. The Hall–Kier alpha value is -4.04. The lowest BCUT2D eigenvalue weighted by atomic mass is 10.0. The van der Waals surface area contributed by atoms with Crippen LogP contribution in [-0.4, -0.2) is 36.9 Å². The number of rotatable bonds is 5. The molecule has 4 aromatic rings. The standard InChI is InChI=1S/C23H15ClF5N7O2/c24-14-2-1-11(25)6-13(14)16-17-19(33-21(20-30-8-31-35-20)36(17)7-15(37)32-16)34-22-18(38-22)9-3-10(23(27,28)29)5-12(26)4-9/h1-6,8,16,18,22,34H,7H2,(H,32,37)(H,30,31,35)/t16-,18?,22?/m0/s1. The summed E-state index contributed by atoms with van der Waals surface area (Å²) in [5.74, 6) is -1.44. The quantitative estimate of drug-likeness (QED) is 0.251. The Morgan fingerprint density at radius 1 is 1.13 bits per heavy atom. The highest BCUT2D eigenvalue weighted by atomic mass is 35.5. The summed E-state index contributed by atoms with van der Waals surface area (Å²) in [5.41, 5.74) is -0.539. The Morgan fingerprint density at radius 3 is 2.68 bits per heavy atom. The van der Waals surface area contributed by atoms with Gasteiger partial charge in [0.05, 0.1) is 17.3 Å². The largest absolute Gasteiger partial charge is 0.416 e. The number of carbonyl (C=O) groups excluding carboxylic acids is 1. The molecule has 2 unspecified atom stereocenters. The van der Waals surface area contributed by atoms with E-state index in [9.17, 15) is 26.7 Å². The average molecular weight is 552 g/mol. The zero-order valence-electron chi connectivity index (χ0n) is 18.9. The summed E-state index contributed by atoms with van der Waals surface area (Å²) in [6.07, 6.45) is -5.27. The van der Waals surface area contributed by atoms with Crippen LogP contribution in [0.2, 0.25) is 5.02 Å². The topological polar surface area (TPSA) is 113 Å². The normalized spacial score (nSPS) is 20.7. The predicted octanol–water partition coefficient (Wildman–Crippen LogP) is 4.35. The molecular formula is C23H15ClF5N7O2. The molecule has 2 aromatic carbocycles. The van der Waals surface area contributed by atoms with Gasteiger partial charge < -0.3 is 19.9 Å². The molecule has 9 nitrogen and oxygen atoms in total. The number of benzene rings is 2. The Morgan fingerprint density at radius 2 is 1.95 bits per heavy atom. The van der Waals surface area contributed by atoms with E-state index in [1.165, 1.54) is 29.1 Å². The third-order valence-electron chi connectivity index (χ3n) is 6.13. The first-order chi connectivity index (χ1) is 18.1. The minimum Gasteiger partial charge on any atom is -0.343 e. The van der Waals surface area contributed by atoms with Crippen molar-refractivity contribution < 1.29 is 31.5 Å². The van der Waals surface area contributed by atoms with Crippen LogP contribution < -0.4 is 10.6 Å². The number of nitrogens with zero attached hydrogens (tertiary/aromatic N) is 4. The second kappa shape index (κ2) is 8.77. The molecule has 0 bridgehead atoms. The minimum atomic E-state index is -4.74. The molecule has 2 aliphatic rings. The smallest absolute Gasteiger partial charge is 0.343 e. The SMILES string of the molecule is O=C1Cn2c(-c3ncn[nH]3)nc(NC3OC3c3cc(F)cc(C(F)(F)F)c3)c2[C@H](c2cc(F)ccc2Cl)N1. The van der Waals surface area contributed by atoms with Gasteiger partial charge in [-0.1, -0.05) is 11.6 Å². The van der Waals surface area contributed by atoms with Crippen molar-refractivity contribution >= 4 is 23.3 Å². The summed E-state index contributed by atoms with van der Waals surface area (Å²) in [5, 5.41) is 12.4. The molecule has 38 heavy (non-hydrogen) atoms. The van der Waals surface area contributed by atoms with Crippen LogP contribution in [0, 0.1) is 11.6 Å². The molecule has 6 rings (SSSR count). The Labute approximate surface area is 215 Å². The van der Waals surface area contributed by atoms with E-state index in [0.717, 1.165) is 12.1 Å². The number of hydrogen-bond acceptors (Lipinski definition) is 6. The van der Waals surface area contributed by atoms with Gasteiger partial charge in [0.25, 0.3) is 0 Å². The van der Waals surface area contributed by atoms with Crippen LogP contribution in [0.5, 0.6) is 0 Å². The predicted molar refractivity (Wildman–Crippen MR) is 122 cm³/mol. The third kappa shape index (κ3) is 4.35. The number of anilines is 1. The highest BCUT2D eigenvalue weighted by Crippen LogP contribution is 2.44. The molecule has 1 saturated heterocycles.